The van der Waals surface area contributed by atoms with Gasteiger partial charge in [0.25, 0.3) is 0 Å². The number of aromatic nitrogens is 4. The van der Waals surface area contributed by atoms with Gasteiger partial charge in [0.05, 0.1) is 13.1 Å². The van der Waals surface area contributed by atoms with Crippen molar-refractivity contribution in [3.63, 3.8) is 0 Å². The van der Waals surface area contributed by atoms with Crippen molar-refractivity contribution in [3.05, 3.63) is 71.8 Å². The van der Waals surface area contributed by atoms with Gasteiger partial charge in [-0.15, -0.1) is 0 Å². The Morgan fingerprint density at radius 3 is 2.36 bits per heavy atom. The number of nitrogens with zero attached hydrogens (tertiary/aromatic N) is 6. The fourth-order valence-electron chi connectivity index (χ4n) is 6.90. The van der Waals surface area contributed by atoms with E-state index in [4.69, 9.17) is 0 Å². The SMILES string of the molecule is CC(C)CN1CCC2(CC1)CC(C(=O)O)N(Cc1ccc(CN(Cc3ncc[nH]3)Cc3nccn3CC(C)C)cc1)C2. The Morgan fingerprint density at radius 1 is 1.00 bits per heavy atom. The van der Waals surface area contributed by atoms with Crippen molar-refractivity contribution in [1.29, 1.82) is 0 Å². The number of aliphatic carboxylic acids is 1. The highest BCUT2D eigenvalue weighted by atomic mass is 16.4. The monoisotopic (exact) mass is 575 g/mol. The Hall–Kier alpha value is -3.01. The van der Waals surface area contributed by atoms with E-state index >= 15 is 0 Å². The molecule has 9 nitrogen and oxygen atoms in total. The van der Waals surface area contributed by atoms with Crippen molar-refractivity contribution in [2.24, 2.45) is 17.3 Å². The van der Waals surface area contributed by atoms with Gasteiger partial charge in [-0.05, 0) is 60.7 Å². The number of carbonyl (C=O) groups is 1. The number of likely N-dealkylation sites (tertiary alicyclic amines) is 2. The van der Waals surface area contributed by atoms with Crippen LogP contribution in [0.1, 0.15) is 69.7 Å². The van der Waals surface area contributed by atoms with Crippen LogP contribution >= 0.6 is 0 Å². The minimum Gasteiger partial charge on any atom is -0.480 e. The van der Waals surface area contributed by atoms with E-state index < -0.39 is 12.0 Å². The average Bonchev–Trinajstić information content (AvgIpc) is 3.68. The molecule has 4 heterocycles. The molecule has 228 valence electrons. The molecule has 0 aliphatic carbocycles. The number of piperidine rings is 1. The molecule has 9 heteroatoms. The van der Waals surface area contributed by atoms with Gasteiger partial charge in [0, 0.05) is 57.5 Å². The Morgan fingerprint density at radius 2 is 1.71 bits per heavy atom. The predicted molar refractivity (Wildman–Crippen MR) is 164 cm³/mol. The molecule has 5 rings (SSSR count). The van der Waals surface area contributed by atoms with Gasteiger partial charge in [0.2, 0.25) is 0 Å². The van der Waals surface area contributed by atoms with Gasteiger partial charge in [-0.1, -0.05) is 52.0 Å². The fourth-order valence-corrected chi connectivity index (χ4v) is 6.90. The van der Waals surface area contributed by atoms with E-state index in [1.807, 2.05) is 12.4 Å². The molecule has 2 N–H and O–H groups in total. The molecule has 1 aromatic carbocycles. The third-order valence-corrected chi connectivity index (χ3v) is 8.90. The normalized spacial score (nSPS) is 19.5. The number of benzene rings is 1. The lowest BCUT2D eigenvalue weighted by atomic mass is 9.76. The maximum Gasteiger partial charge on any atom is 0.320 e. The van der Waals surface area contributed by atoms with E-state index in [9.17, 15) is 9.90 Å². The molecule has 1 atom stereocenters. The molecule has 0 bridgehead atoms. The topological polar surface area (TPSA) is 93.5 Å². The minimum absolute atomic E-state index is 0.129. The lowest BCUT2D eigenvalue weighted by Gasteiger charge is -2.40. The molecule has 2 aliphatic rings. The van der Waals surface area contributed by atoms with E-state index in [2.05, 4.69) is 92.4 Å². The maximum absolute atomic E-state index is 12.3. The van der Waals surface area contributed by atoms with Gasteiger partial charge in [-0.3, -0.25) is 14.6 Å². The van der Waals surface area contributed by atoms with E-state index in [0.717, 1.165) is 76.7 Å². The summed E-state index contributed by atoms with van der Waals surface area (Å²) >= 11 is 0. The van der Waals surface area contributed by atoms with Crippen LogP contribution in [0.4, 0.5) is 0 Å². The Bertz CT molecular complexity index is 1260. The number of aromatic amines is 1. The molecule has 2 aromatic heterocycles. The number of rotatable bonds is 13. The summed E-state index contributed by atoms with van der Waals surface area (Å²) in [5, 5.41) is 10.1. The first kappa shape index (κ1) is 30.4. The van der Waals surface area contributed by atoms with Gasteiger partial charge >= 0.3 is 5.97 Å². The van der Waals surface area contributed by atoms with Crippen LogP contribution in [-0.2, 0) is 37.5 Å². The largest absolute Gasteiger partial charge is 0.480 e. The Balaban J connectivity index is 1.23. The zero-order valence-electron chi connectivity index (χ0n) is 25.9. The molecule has 2 aliphatic heterocycles. The first-order chi connectivity index (χ1) is 20.2. The first-order valence-corrected chi connectivity index (χ1v) is 15.7. The van der Waals surface area contributed by atoms with Gasteiger partial charge < -0.3 is 19.6 Å². The van der Waals surface area contributed by atoms with Crippen LogP contribution in [0.3, 0.4) is 0 Å². The summed E-state index contributed by atoms with van der Waals surface area (Å²) in [4.78, 5) is 31.8. The summed E-state index contributed by atoms with van der Waals surface area (Å²) in [7, 11) is 0. The number of H-pyrrole nitrogens is 1. The molecule has 0 saturated carbocycles. The minimum atomic E-state index is -0.683. The van der Waals surface area contributed by atoms with Crippen LogP contribution in [-0.4, -0.2) is 77.5 Å². The van der Waals surface area contributed by atoms with Gasteiger partial charge in [0.1, 0.15) is 17.7 Å². The second kappa shape index (κ2) is 13.5. The van der Waals surface area contributed by atoms with Crippen LogP contribution in [0.15, 0.2) is 49.1 Å². The van der Waals surface area contributed by atoms with Crippen LogP contribution < -0.4 is 0 Å². The number of imidazole rings is 2. The number of hydrogen-bond donors (Lipinski definition) is 2. The molecule has 2 fully saturated rings. The Labute approximate surface area is 251 Å². The van der Waals surface area contributed by atoms with Crippen molar-refractivity contribution in [1.82, 2.24) is 34.2 Å². The van der Waals surface area contributed by atoms with Crippen LogP contribution in [0.2, 0.25) is 0 Å². The van der Waals surface area contributed by atoms with Crippen molar-refractivity contribution in [2.75, 3.05) is 26.2 Å². The number of nitrogens with one attached hydrogen (secondary N) is 1. The quantitative estimate of drug-likeness (QED) is 0.301. The molecule has 42 heavy (non-hydrogen) atoms. The Kier molecular flexibility index (Phi) is 9.81. The number of carboxylic acid groups (broad SMARTS) is 1. The van der Waals surface area contributed by atoms with E-state index in [1.165, 1.54) is 11.1 Å². The van der Waals surface area contributed by atoms with Crippen LogP contribution in [0, 0.1) is 17.3 Å². The second-order valence-corrected chi connectivity index (χ2v) is 13.5. The summed E-state index contributed by atoms with van der Waals surface area (Å²) in [5.74, 6) is 2.53. The van der Waals surface area contributed by atoms with Crippen LogP contribution in [0.5, 0.6) is 0 Å². The standard InChI is InChI=1S/C33H49N7O2/c1-25(2)18-37-14-9-33(10-15-37)17-29(32(41)42)40(24-33)21-28-7-5-27(6-8-28)20-38(22-30-34-11-12-35-30)23-31-36-13-16-39(31)19-26(3)4/h5-8,11-13,16,25-26,29H,9-10,14-15,17-24H2,1-4H3,(H,34,35)(H,41,42). The summed E-state index contributed by atoms with van der Waals surface area (Å²) in [6.07, 6.45) is 10.6. The molecular weight excluding hydrogens is 526 g/mol. The molecule has 1 unspecified atom stereocenters. The lowest BCUT2D eigenvalue weighted by molar-refractivity contribution is -0.142. The molecule has 1 spiro atoms. The summed E-state index contributed by atoms with van der Waals surface area (Å²) in [5.41, 5.74) is 2.52. The summed E-state index contributed by atoms with van der Waals surface area (Å²) in [6, 6.07) is 8.33. The van der Waals surface area contributed by atoms with Gasteiger partial charge in [0.15, 0.2) is 0 Å². The fraction of sp³-hybridized carbons (Fsp3) is 0.606. The zero-order chi connectivity index (χ0) is 29.7. The first-order valence-electron chi connectivity index (χ1n) is 15.7. The predicted octanol–water partition coefficient (Wildman–Crippen LogP) is 4.86. The van der Waals surface area contributed by atoms with E-state index in [0.29, 0.717) is 24.9 Å². The third-order valence-electron chi connectivity index (χ3n) is 8.90. The molecule has 0 radical (unpaired) electrons. The number of carboxylic acids is 1. The van der Waals surface area contributed by atoms with Gasteiger partial charge in [-0.2, -0.15) is 0 Å². The number of hydrogen-bond acceptors (Lipinski definition) is 6. The summed E-state index contributed by atoms with van der Waals surface area (Å²) < 4.78 is 2.25. The molecule has 3 aromatic rings. The van der Waals surface area contributed by atoms with Crippen molar-refractivity contribution >= 4 is 5.97 Å². The van der Waals surface area contributed by atoms with E-state index in [-0.39, 0.29) is 5.41 Å². The average molecular weight is 576 g/mol. The molecular formula is C33H49N7O2. The molecule has 2 saturated heterocycles. The molecule has 0 amide bonds. The summed E-state index contributed by atoms with van der Waals surface area (Å²) in [6.45, 7) is 17.0. The van der Waals surface area contributed by atoms with Crippen LogP contribution in [0.25, 0.3) is 0 Å². The third kappa shape index (κ3) is 7.88. The van der Waals surface area contributed by atoms with E-state index in [1.54, 1.807) is 6.20 Å². The highest BCUT2D eigenvalue weighted by Gasteiger charge is 2.47. The lowest BCUT2D eigenvalue weighted by Crippen LogP contribution is -2.42. The highest BCUT2D eigenvalue weighted by Crippen LogP contribution is 2.44. The maximum atomic E-state index is 12.3. The van der Waals surface area contributed by atoms with Crippen molar-refractivity contribution in [2.45, 2.75) is 85.7 Å². The second-order valence-electron chi connectivity index (χ2n) is 13.5. The zero-order valence-corrected chi connectivity index (χ0v) is 25.9. The smallest absolute Gasteiger partial charge is 0.320 e. The highest BCUT2D eigenvalue weighted by molar-refractivity contribution is 5.74. The van der Waals surface area contributed by atoms with Crippen molar-refractivity contribution in [3.8, 4) is 0 Å². The van der Waals surface area contributed by atoms with Gasteiger partial charge in [-0.25, -0.2) is 9.97 Å². The van der Waals surface area contributed by atoms with Crippen molar-refractivity contribution < 1.29 is 9.90 Å².